The van der Waals surface area contributed by atoms with Gasteiger partial charge in [0.15, 0.2) is 6.10 Å². The number of carbonyl (C=O) groups is 1. The second-order valence-electron chi connectivity index (χ2n) is 9.60. The Morgan fingerprint density at radius 1 is 1.08 bits per heavy atom. The number of aromatic nitrogens is 2. The van der Waals surface area contributed by atoms with Crippen molar-refractivity contribution in [3.63, 3.8) is 0 Å². The molecular weight excluding hydrogens is 500 g/mol. The topological polar surface area (TPSA) is 148 Å². The van der Waals surface area contributed by atoms with Crippen molar-refractivity contribution in [1.29, 1.82) is 0 Å². The predicted octanol–water partition coefficient (Wildman–Crippen LogP) is 4.82. The van der Waals surface area contributed by atoms with Gasteiger partial charge in [-0.05, 0) is 38.2 Å². The van der Waals surface area contributed by atoms with E-state index in [4.69, 9.17) is 20.7 Å². The molecule has 1 saturated heterocycles. The SMILES string of the molecule is CCCCCCCC/C=C/CCCCCCCC(=O)O.Nc1ccn([C@@H]2O[C@H](CO)[C@@H](O)C2(F)F)c(=O)n1. The number of nitrogens with two attached hydrogens (primary N) is 1. The van der Waals surface area contributed by atoms with E-state index in [0.29, 0.717) is 11.0 Å². The lowest BCUT2D eigenvalue weighted by atomic mass is 10.1. The molecule has 0 spiro atoms. The predicted molar refractivity (Wildman–Crippen MR) is 142 cm³/mol. The van der Waals surface area contributed by atoms with Gasteiger partial charge in [-0.2, -0.15) is 13.8 Å². The van der Waals surface area contributed by atoms with Crippen LogP contribution < -0.4 is 11.4 Å². The molecule has 2 heterocycles. The van der Waals surface area contributed by atoms with Gasteiger partial charge in [-0.15, -0.1) is 0 Å². The van der Waals surface area contributed by atoms with Gasteiger partial charge in [0.25, 0.3) is 0 Å². The van der Waals surface area contributed by atoms with E-state index in [1.165, 1.54) is 70.6 Å². The average molecular weight is 546 g/mol. The number of hydrogen-bond acceptors (Lipinski definition) is 7. The van der Waals surface area contributed by atoms with Gasteiger partial charge >= 0.3 is 17.6 Å². The van der Waals surface area contributed by atoms with E-state index in [2.05, 4.69) is 24.1 Å². The normalized spacial score (nSPS) is 20.4. The number of nitrogens with zero attached hydrogens (tertiary/aromatic N) is 2. The Bertz CT molecular complexity index is 881. The van der Waals surface area contributed by atoms with Gasteiger partial charge < -0.3 is 25.8 Å². The third kappa shape index (κ3) is 12.4. The summed E-state index contributed by atoms with van der Waals surface area (Å²) in [4.78, 5) is 25.0. The smallest absolute Gasteiger partial charge is 0.351 e. The first kappa shape index (κ1) is 33.7. The van der Waals surface area contributed by atoms with Crippen molar-refractivity contribution in [2.75, 3.05) is 12.3 Å². The molecule has 11 heteroatoms. The van der Waals surface area contributed by atoms with Crippen LogP contribution >= 0.6 is 0 Å². The van der Waals surface area contributed by atoms with Crippen molar-refractivity contribution in [3.05, 3.63) is 34.9 Å². The minimum absolute atomic E-state index is 0.114. The molecule has 0 saturated carbocycles. The number of carboxylic acids is 1. The molecule has 0 bridgehead atoms. The Kier molecular flexibility index (Phi) is 16.7. The maximum Gasteiger partial charge on any atom is 0.351 e. The number of aliphatic hydroxyl groups excluding tert-OH is 2. The number of nitrogen functional groups attached to an aromatic ring is 1. The number of ether oxygens (including phenoxy) is 1. The fourth-order valence-corrected chi connectivity index (χ4v) is 4.07. The summed E-state index contributed by atoms with van der Waals surface area (Å²) in [5, 5.41) is 26.6. The van der Waals surface area contributed by atoms with E-state index in [1.807, 2.05) is 0 Å². The van der Waals surface area contributed by atoms with Gasteiger partial charge in [0.1, 0.15) is 11.9 Å². The number of hydrogen-bond donors (Lipinski definition) is 4. The zero-order valence-electron chi connectivity index (χ0n) is 22.4. The number of aliphatic carboxylic acids is 1. The first-order chi connectivity index (χ1) is 18.1. The molecule has 1 aliphatic rings. The molecule has 0 radical (unpaired) electrons. The lowest BCUT2D eigenvalue weighted by molar-refractivity contribution is -0.141. The van der Waals surface area contributed by atoms with Gasteiger partial charge in [0.2, 0.25) is 6.23 Å². The van der Waals surface area contributed by atoms with Gasteiger partial charge in [-0.3, -0.25) is 9.36 Å². The highest BCUT2D eigenvalue weighted by Gasteiger charge is 2.59. The molecule has 1 aromatic heterocycles. The molecule has 9 nitrogen and oxygen atoms in total. The summed E-state index contributed by atoms with van der Waals surface area (Å²) in [6, 6.07) is 1.15. The van der Waals surface area contributed by atoms with E-state index < -0.39 is 42.6 Å². The van der Waals surface area contributed by atoms with Crippen molar-refractivity contribution in [2.24, 2.45) is 0 Å². The maximum absolute atomic E-state index is 13.7. The summed E-state index contributed by atoms with van der Waals surface area (Å²) in [6.07, 6.45) is 16.6. The molecular formula is C27H45F2N3O6. The third-order valence-electron chi connectivity index (χ3n) is 6.32. The highest BCUT2D eigenvalue weighted by atomic mass is 19.3. The van der Waals surface area contributed by atoms with Crippen molar-refractivity contribution < 1.29 is 33.6 Å². The summed E-state index contributed by atoms with van der Waals surface area (Å²) in [6.45, 7) is 1.47. The number of carboxylic acid groups (broad SMARTS) is 1. The molecule has 1 fully saturated rings. The molecule has 0 unspecified atom stereocenters. The quantitative estimate of drug-likeness (QED) is 0.161. The van der Waals surface area contributed by atoms with E-state index in [0.717, 1.165) is 25.1 Å². The van der Waals surface area contributed by atoms with Crippen LogP contribution in [0.4, 0.5) is 14.6 Å². The second kappa shape index (κ2) is 18.8. The molecule has 218 valence electrons. The largest absolute Gasteiger partial charge is 0.481 e. The molecule has 1 aliphatic heterocycles. The fraction of sp³-hybridized carbons (Fsp3) is 0.741. The summed E-state index contributed by atoms with van der Waals surface area (Å²) < 4.78 is 32.7. The average Bonchev–Trinajstić information content (AvgIpc) is 3.10. The number of anilines is 1. The van der Waals surface area contributed by atoms with Crippen LogP contribution in [0.1, 0.15) is 103 Å². The molecule has 2 rings (SSSR count). The van der Waals surface area contributed by atoms with Crippen molar-refractivity contribution >= 4 is 11.8 Å². The molecule has 38 heavy (non-hydrogen) atoms. The summed E-state index contributed by atoms with van der Waals surface area (Å²) in [5.74, 6) is -4.49. The Morgan fingerprint density at radius 3 is 2.13 bits per heavy atom. The molecule has 0 amide bonds. The lowest BCUT2D eigenvalue weighted by Gasteiger charge is -2.20. The summed E-state index contributed by atoms with van der Waals surface area (Å²) in [7, 11) is 0. The zero-order chi connectivity index (χ0) is 28.4. The van der Waals surface area contributed by atoms with Gasteiger partial charge in [-0.25, -0.2) is 4.79 Å². The van der Waals surface area contributed by atoms with Crippen LogP contribution in [0.15, 0.2) is 29.2 Å². The minimum Gasteiger partial charge on any atom is -0.481 e. The highest BCUT2D eigenvalue weighted by molar-refractivity contribution is 5.66. The van der Waals surface area contributed by atoms with E-state index >= 15 is 0 Å². The third-order valence-corrected chi connectivity index (χ3v) is 6.32. The Balaban J connectivity index is 0.000000381. The van der Waals surface area contributed by atoms with Crippen LogP contribution in [0.3, 0.4) is 0 Å². The summed E-state index contributed by atoms with van der Waals surface area (Å²) in [5.41, 5.74) is 4.21. The lowest BCUT2D eigenvalue weighted by Crippen LogP contribution is -2.41. The first-order valence-corrected chi connectivity index (χ1v) is 13.7. The van der Waals surface area contributed by atoms with E-state index in [9.17, 15) is 23.5 Å². The van der Waals surface area contributed by atoms with Crippen LogP contribution in [0.2, 0.25) is 0 Å². The van der Waals surface area contributed by atoms with Crippen LogP contribution in [-0.2, 0) is 9.53 Å². The molecule has 5 N–H and O–H groups in total. The Hall–Kier alpha value is -2.37. The second-order valence-corrected chi connectivity index (χ2v) is 9.60. The minimum atomic E-state index is -3.71. The van der Waals surface area contributed by atoms with Gasteiger partial charge in [-0.1, -0.05) is 70.4 Å². The van der Waals surface area contributed by atoms with Gasteiger partial charge in [0.05, 0.1) is 6.61 Å². The standard InChI is InChI=1S/C18H34O2.C9H11F2N3O4/c1-2-3-4-5-6-7-8-9-10-11-12-13-14-15-16-17-18(19)20;10-9(11)6(16)4(3-15)18-7(9)14-2-1-5(12)13-8(14)17/h9-10H,2-8,11-17H2,1H3,(H,19,20);1-2,4,6-7,15-16H,3H2,(H2,12,13,17)/b10-9+;/t;4-,6-,7-/m.1/s1. The molecule has 3 atom stereocenters. The molecule has 0 aliphatic carbocycles. The number of halogens is 2. The summed E-state index contributed by atoms with van der Waals surface area (Å²) >= 11 is 0. The number of alkyl halides is 2. The maximum atomic E-state index is 13.7. The fourth-order valence-electron chi connectivity index (χ4n) is 4.07. The molecule has 1 aromatic rings. The van der Waals surface area contributed by atoms with Crippen LogP contribution in [0, 0.1) is 0 Å². The van der Waals surface area contributed by atoms with Crippen molar-refractivity contribution in [2.45, 2.75) is 121 Å². The monoisotopic (exact) mass is 545 g/mol. The van der Waals surface area contributed by atoms with Gasteiger partial charge in [0, 0.05) is 12.6 Å². The van der Waals surface area contributed by atoms with Crippen LogP contribution in [-0.4, -0.2) is 55.6 Å². The number of aliphatic hydroxyl groups is 2. The Morgan fingerprint density at radius 2 is 1.63 bits per heavy atom. The molecule has 0 aromatic carbocycles. The van der Waals surface area contributed by atoms with Crippen LogP contribution in [0.25, 0.3) is 0 Å². The van der Waals surface area contributed by atoms with E-state index in [1.54, 1.807) is 0 Å². The number of rotatable bonds is 17. The number of allylic oxidation sites excluding steroid dienone is 2. The van der Waals surface area contributed by atoms with E-state index in [-0.39, 0.29) is 5.82 Å². The first-order valence-electron chi connectivity index (χ1n) is 13.7. The van der Waals surface area contributed by atoms with Crippen molar-refractivity contribution in [1.82, 2.24) is 9.55 Å². The van der Waals surface area contributed by atoms with Crippen molar-refractivity contribution in [3.8, 4) is 0 Å². The zero-order valence-corrected chi connectivity index (χ0v) is 22.4. The van der Waals surface area contributed by atoms with Crippen LogP contribution in [0.5, 0.6) is 0 Å². The number of unbranched alkanes of at least 4 members (excludes halogenated alkanes) is 11. The Labute approximate surface area is 223 Å². The highest BCUT2D eigenvalue weighted by Crippen LogP contribution is 2.41.